The second-order valence-electron chi connectivity index (χ2n) is 6.60. The van der Waals surface area contributed by atoms with E-state index in [1.54, 1.807) is 0 Å². The van der Waals surface area contributed by atoms with E-state index in [1.165, 1.54) is 31.6 Å². The molecular weight excluding hydrogens is 234 g/mol. The predicted octanol–water partition coefficient (Wildman–Crippen LogP) is 2.86. The largest absolute Gasteiger partial charge is 0.351 e. The molecule has 0 unspecified atom stereocenters. The highest BCUT2D eigenvalue weighted by Gasteiger charge is 2.26. The number of aromatic nitrogens is 1. The third kappa shape index (κ3) is 3.83. The lowest BCUT2D eigenvalue weighted by molar-refractivity contribution is 0.0959. The van der Waals surface area contributed by atoms with E-state index in [2.05, 4.69) is 60.8 Å². The Labute approximate surface area is 118 Å². The van der Waals surface area contributed by atoms with Gasteiger partial charge in [0.15, 0.2) is 0 Å². The Morgan fingerprint density at radius 2 is 1.95 bits per heavy atom. The SMILES string of the molecule is CCn1cccc1CNC1CCN(C(C)(C)C)CC1. The highest BCUT2D eigenvalue weighted by atomic mass is 15.2. The number of rotatable bonds is 4. The first-order chi connectivity index (χ1) is 9.00. The average Bonchev–Trinajstić information content (AvgIpc) is 2.83. The molecule has 1 fully saturated rings. The van der Waals surface area contributed by atoms with E-state index in [0.29, 0.717) is 11.6 Å². The van der Waals surface area contributed by atoms with Crippen LogP contribution in [0, 0.1) is 0 Å². The first-order valence-corrected chi connectivity index (χ1v) is 7.63. The summed E-state index contributed by atoms with van der Waals surface area (Å²) in [7, 11) is 0. The Balaban J connectivity index is 1.77. The maximum atomic E-state index is 3.72. The lowest BCUT2D eigenvalue weighted by Crippen LogP contribution is -2.49. The number of hydrogen-bond acceptors (Lipinski definition) is 2. The molecule has 0 aliphatic carbocycles. The molecule has 3 nitrogen and oxygen atoms in total. The van der Waals surface area contributed by atoms with Crippen molar-refractivity contribution in [3.8, 4) is 0 Å². The van der Waals surface area contributed by atoms with Crippen molar-refractivity contribution < 1.29 is 0 Å². The van der Waals surface area contributed by atoms with Crippen LogP contribution in [0.3, 0.4) is 0 Å². The molecule has 1 saturated heterocycles. The van der Waals surface area contributed by atoms with Gasteiger partial charge in [-0.3, -0.25) is 4.90 Å². The monoisotopic (exact) mass is 263 g/mol. The highest BCUT2D eigenvalue weighted by Crippen LogP contribution is 2.20. The number of piperidine rings is 1. The van der Waals surface area contributed by atoms with Gasteiger partial charge in [0, 0.05) is 49.7 Å². The Bertz CT molecular complexity index is 381. The van der Waals surface area contributed by atoms with E-state index in [4.69, 9.17) is 0 Å². The van der Waals surface area contributed by atoms with E-state index in [1.807, 2.05) is 0 Å². The molecule has 0 radical (unpaired) electrons. The molecule has 108 valence electrons. The van der Waals surface area contributed by atoms with Crippen LogP contribution in [0.4, 0.5) is 0 Å². The van der Waals surface area contributed by atoms with Crippen LogP contribution in [0.25, 0.3) is 0 Å². The summed E-state index contributed by atoms with van der Waals surface area (Å²) in [4.78, 5) is 2.60. The fourth-order valence-electron chi connectivity index (χ4n) is 2.92. The van der Waals surface area contributed by atoms with Crippen molar-refractivity contribution in [2.75, 3.05) is 13.1 Å². The molecule has 1 aliphatic heterocycles. The molecule has 0 bridgehead atoms. The van der Waals surface area contributed by atoms with Crippen LogP contribution in [0.1, 0.15) is 46.2 Å². The van der Waals surface area contributed by atoms with E-state index in [0.717, 1.165) is 13.1 Å². The number of likely N-dealkylation sites (tertiary alicyclic amines) is 1. The highest BCUT2D eigenvalue weighted by molar-refractivity contribution is 5.07. The minimum Gasteiger partial charge on any atom is -0.351 e. The van der Waals surface area contributed by atoms with E-state index >= 15 is 0 Å². The molecule has 0 atom stereocenters. The lowest BCUT2D eigenvalue weighted by atomic mass is 9.98. The van der Waals surface area contributed by atoms with Crippen LogP contribution < -0.4 is 5.32 Å². The zero-order valence-electron chi connectivity index (χ0n) is 12.9. The lowest BCUT2D eigenvalue weighted by Gasteiger charge is -2.41. The fourth-order valence-corrected chi connectivity index (χ4v) is 2.92. The van der Waals surface area contributed by atoms with Gasteiger partial charge in [-0.1, -0.05) is 0 Å². The van der Waals surface area contributed by atoms with E-state index < -0.39 is 0 Å². The minimum absolute atomic E-state index is 0.321. The Morgan fingerprint density at radius 3 is 2.53 bits per heavy atom. The van der Waals surface area contributed by atoms with Crippen molar-refractivity contribution in [2.24, 2.45) is 0 Å². The van der Waals surface area contributed by atoms with Crippen molar-refractivity contribution in [2.45, 2.75) is 65.2 Å². The maximum Gasteiger partial charge on any atom is 0.0361 e. The molecule has 3 heteroatoms. The third-order valence-corrected chi connectivity index (χ3v) is 4.28. The molecule has 0 saturated carbocycles. The van der Waals surface area contributed by atoms with Crippen LogP contribution in [0.5, 0.6) is 0 Å². The second kappa shape index (κ2) is 6.10. The molecule has 1 aromatic heterocycles. The number of hydrogen-bond donors (Lipinski definition) is 1. The van der Waals surface area contributed by atoms with Crippen molar-refractivity contribution in [1.29, 1.82) is 0 Å². The summed E-state index contributed by atoms with van der Waals surface area (Å²) >= 11 is 0. The van der Waals surface area contributed by atoms with Gasteiger partial charge in [0.25, 0.3) is 0 Å². The molecule has 1 aromatic rings. The molecule has 2 rings (SSSR count). The summed E-state index contributed by atoms with van der Waals surface area (Å²) < 4.78 is 2.32. The van der Waals surface area contributed by atoms with Crippen molar-refractivity contribution in [3.63, 3.8) is 0 Å². The molecule has 19 heavy (non-hydrogen) atoms. The van der Waals surface area contributed by atoms with Gasteiger partial charge in [-0.25, -0.2) is 0 Å². The van der Waals surface area contributed by atoms with Crippen LogP contribution in [0.2, 0.25) is 0 Å². The molecule has 1 N–H and O–H groups in total. The van der Waals surface area contributed by atoms with E-state index in [-0.39, 0.29) is 0 Å². The Kier molecular flexibility index (Phi) is 4.69. The molecule has 0 aromatic carbocycles. The fraction of sp³-hybridized carbons (Fsp3) is 0.750. The normalized spacial score (nSPS) is 18.9. The van der Waals surface area contributed by atoms with Crippen molar-refractivity contribution in [3.05, 3.63) is 24.0 Å². The summed E-state index contributed by atoms with van der Waals surface area (Å²) in [5.41, 5.74) is 1.72. The standard InChI is InChI=1S/C16H29N3/c1-5-18-10-6-7-15(18)13-17-14-8-11-19(12-9-14)16(2,3)4/h6-7,10,14,17H,5,8-9,11-13H2,1-4H3. The number of nitrogens with one attached hydrogen (secondary N) is 1. The summed E-state index contributed by atoms with van der Waals surface area (Å²) in [6, 6.07) is 5.04. The van der Waals surface area contributed by atoms with Crippen LogP contribution in [0.15, 0.2) is 18.3 Å². The molecule has 1 aliphatic rings. The van der Waals surface area contributed by atoms with Crippen molar-refractivity contribution >= 4 is 0 Å². The number of aryl methyl sites for hydroxylation is 1. The number of nitrogens with zero attached hydrogens (tertiary/aromatic N) is 2. The van der Waals surface area contributed by atoms with Gasteiger partial charge in [-0.15, -0.1) is 0 Å². The van der Waals surface area contributed by atoms with Crippen LogP contribution >= 0.6 is 0 Å². The predicted molar refractivity (Wildman–Crippen MR) is 81.3 cm³/mol. The summed E-state index contributed by atoms with van der Waals surface area (Å²) in [5, 5.41) is 3.72. The topological polar surface area (TPSA) is 20.2 Å². The van der Waals surface area contributed by atoms with Gasteiger partial charge in [0.05, 0.1) is 0 Å². The zero-order chi connectivity index (χ0) is 13.9. The second-order valence-corrected chi connectivity index (χ2v) is 6.60. The zero-order valence-corrected chi connectivity index (χ0v) is 12.9. The summed E-state index contributed by atoms with van der Waals surface area (Å²) in [5.74, 6) is 0. The van der Waals surface area contributed by atoms with E-state index in [9.17, 15) is 0 Å². The van der Waals surface area contributed by atoms with Gasteiger partial charge in [0.1, 0.15) is 0 Å². The van der Waals surface area contributed by atoms with Crippen molar-refractivity contribution in [1.82, 2.24) is 14.8 Å². The smallest absolute Gasteiger partial charge is 0.0361 e. The van der Waals surface area contributed by atoms with Gasteiger partial charge < -0.3 is 9.88 Å². The van der Waals surface area contributed by atoms with Crippen LogP contribution in [-0.2, 0) is 13.1 Å². The molecule has 2 heterocycles. The van der Waals surface area contributed by atoms with Gasteiger partial charge in [-0.2, -0.15) is 0 Å². The van der Waals surface area contributed by atoms with Crippen LogP contribution in [-0.4, -0.2) is 34.1 Å². The molecular formula is C16H29N3. The third-order valence-electron chi connectivity index (χ3n) is 4.28. The summed E-state index contributed by atoms with van der Waals surface area (Å²) in [6.07, 6.45) is 4.70. The Morgan fingerprint density at radius 1 is 1.26 bits per heavy atom. The summed E-state index contributed by atoms with van der Waals surface area (Å²) in [6.45, 7) is 13.6. The first-order valence-electron chi connectivity index (χ1n) is 7.63. The molecule has 0 spiro atoms. The first kappa shape index (κ1) is 14.6. The van der Waals surface area contributed by atoms with Gasteiger partial charge in [-0.05, 0) is 52.7 Å². The molecule has 0 amide bonds. The Hall–Kier alpha value is -0.800. The quantitative estimate of drug-likeness (QED) is 0.901. The maximum absolute atomic E-state index is 3.72. The average molecular weight is 263 g/mol. The van der Waals surface area contributed by atoms with Gasteiger partial charge >= 0.3 is 0 Å². The van der Waals surface area contributed by atoms with Gasteiger partial charge in [0.2, 0.25) is 0 Å². The minimum atomic E-state index is 0.321.